The Balaban J connectivity index is 1.49. The number of carbonyl (C=O) groups excluding carboxylic acids is 1. The zero-order valence-corrected chi connectivity index (χ0v) is 13.0. The van der Waals surface area contributed by atoms with Crippen molar-refractivity contribution in [3.05, 3.63) is 47.2 Å². The second-order valence-electron chi connectivity index (χ2n) is 5.91. The number of benzene rings is 1. The van der Waals surface area contributed by atoms with Gasteiger partial charge in [0, 0.05) is 26.1 Å². The topological polar surface area (TPSA) is 62.6 Å². The highest BCUT2D eigenvalue weighted by Gasteiger charge is 2.25. The van der Waals surface area contributed by atoms with Gasteiger partial charge < -0.3 is 9.47 Å². The first-order valence-corrected chi connectivity index (χ1v) is 7.98. The normalized spacial score (nSPS) is 18.8. The molecule has 1 aromatic carbocycles. The first-order chi connectivity index (χ1) is 11.3. The Kier molecular flexibility index (Phi) is 4.94. The summed E-state index contributed by atoms with van der Waals surface area (Å²) in [5.41, 5.74) is 2.42. The van der Waals surface area contributed by atoms with Crippen LogP contribution in [0.4, 0.5) is 0 Å². The van der Waals surface area contributed by atoms with Crippen LogP contribution >= 0.6 is 0 Å². The summed E-state index contributed by atoms with van der Waals surface area (Å²) in [7, 11) is 0. The maximum atomic E-state index is 11.9. The number of nitrogens with zero attached hydrogens (tertiary/aromatic N) is 2. The van der Waals surface area contributed by atoms with E-state index < -0.39 is 0 Å². The summed E-state index contributed by atoms with van der Waals surface area (Å²) in [4.78, 5) is 14.3. The van der Waals surface area contributed by atoms with Crippen LogP contribution < -0.4 is 0 Å². The van der Waals surface area contributed by atoms with E-state index >= 15 is 0 Å². The van der Waals surface area contributed by atoms with Gasteiger partial charge in [0.1, 0.15) is 6.10 Å². The maximum Gasteiger partial charge on any atom is 0.337 e. The summed E-state index contributed by atoms with van der Waals surface area (Å²) in [6.45, 7) is 3.07. The summed E-state index contributed by atoms with van der Waals surface area (Å²) >= 11 is 0. The number of ether oxygens (including phenoxy) is 2. The Morgan fingerprint density at radius 2 is 2.13 bits per heavy atom. The van der Waals surface area contributed by atoms with E-state index in [1.54, 1.807) is 0 Å². The fourth-order valence-electron chi connectivity index (χ4n) is 2.96. The van der Waals surface area contributed by atoms with Gasteiger partial charge in [-0.1, -0.05) is 18.2 Å². The minimum absolute atomic E-state index is 0.0218. The van der Waals surface area contributed by atoms with Crippen LogP contribution in [0.1, 0.15) is 30.4 Å². The van der Waals surface area contributed by atoms with Crippen molar-refractivity contribution in [1.29, 1.82) is 5.26 Å². The maximum absolute atomic E-state index is 11.9. The molecule has 0 saturated carbocycles. The third-order valence-electron chi connectivity index (χ3n) is 4.32. The van der Waals surface area contributed by atoms with E-state index in [2.05, 4.69) is 11.0 Å². The second-order valence-corrected chi connectivity index (χ2v) is 5.91. The van der Waals surface area contributed by atoms with Gasteiger partial charge in [0.05, 0.1) is 30.1 Å². The molecule has 5 nitrogen and oxygen atoms in total. The average Bonchev–Trinajstić information content (AvgIpc) is 3.12. The summed E-state index contributed by atoms with van der Waals surface area (Å²) in [6.07, 6.45) is 3.79. The Bertz CT molecular complexity index is 640. The highest BCUT2D eigenvalue weighted by atomic mass is 16.5. The van der Waals surface area contributed by atoms with Crippen molar-refractivity contribution in [2.75, 3.05) is 19.7 Å². The lowest BCUT2D eigenvalue weighted by Crippen LogP contribution is -2.37. The lowest BCUT2D eigenvalue weighted by Gasteiger charge is -2.31. The first kappa shape index (κ1) is 15.6. The van der Waals surface area contributed by atoms with E-state index in [9.17, 15) is 4.79 Å². The quantitative estimate of drug-likeness (QED) is 0.799. The van der Waals surface area contributed by atoms with Crippen molar-refractivity contribution >= 4 is 5.97 Å². The highest BCUT2D eigenvalue weighted by molar-refractivity contribution is 5.88. The van der Waals surface area contributed by atoms with Gasteiger partial charge in [-0.05, 0) is 24.5 Å². The van der Waals surface area contributed by atoms with Crippen LogP contribution in [0, 0.1) is 11.3 Å². The number of likely N-dealkylation sites (tertiary alicyclic amines) is 1. The van der Waals surface area contributed by atoms with Crippen molar-refractivity contribution in [1.82, 2.24) is 4.90 Å². The van der Waals surface area contributed by atoms with Gasteiger partial charge in [-0.25, -0.2) is 4.79 Å². The first-order valence-electron chi connectivity index (χ1n) is 7.98. The lowest BCUT2D eigenvalue weighted by molar-refractivity contribution is -0.146. The molecule has 1 saturated heterocycles. The van der Waals surface area contributed by atoms with E-state index in [0.717, 1.165) is 43.6 Å². The average molecular weight is 312 g/mol. The van der Waals surface area contributed by atoms with Crippen LogP contribution in [-0.4, -0.2) is 36.7 Å². The molecule has 0 radical (unpaired) electrons. The number of hydrogen-bond acceptors (Lipinski definition) is 5. The van der Waals surface area contributed by atoms with Gasteiger partial charge in [0.25, 0.3) is 0 Å². The van der Waals surface area contributed by atoms with Crippen molar-refractivity contribution in [3.8, 4) is 6.07 Å². The third-order valence-corrected chi connectivity index (χ3v) is 4.32. The molecule has 0 spiro atoms. The number of hydrogen-bond donors (Lipinski definition) is 0. The molecule has 0 bridgehead atoms. The predicted molar refractivity (Wildman–Crippen MR) is 84.2 cm³/mol. The van der Waals surface area contributed by atoms with Crippen molar-refractivity contribution < 1.29 is 14.3 Å². The Morgan fingerprint density at radius 3 is 2.83 bits per heavy atom. The van der Waals surface area contributed by atoms with Gasteiger partial charge in [-0.3, -0.25) is 4.90 Å². The summed E-state index contributed by atoms with van der Waals surface area (Å²) in [6, 6.07) is 9.93. The van der Waals surface area contributed by atoms with E-state index in [1.807, 2.05) is 24.3 Å². The van der Waals surface area contributed by atoms with Gasteiger partial charge >= 0.3 is 5.97 Å². The second kappa shape index (κ2) is 7.30. The molecule has 2 heterocycles. The minimum atomic E-state index is -0.240. The van der Waals surface area contributed by atoms with Gasteiger partial charge in [0.15, 0.2) is 0 Å². The molecule has 23 heavy (non-hydrogen) atoms. The number of carbonyl (C=O) groups is 1. The standard InChI is InChI=1S/C18H20N2O3/c19-11-14-3-1-2-4-15(14)12-20-8-5-17(6-9-20)23-18(21)16-7-10-22-13-16/h1-4,13,17H,5-10,12H2. The SMILES string of the molecule is N#Cc1ccccc1CN1CCC(OC(=O)C2=COCC2)CC1. The monoisotopic (exact) mass is 312 g/mol. The largest absolute Gasteiger partial charge is 0.500 e. The third kappa shape index (κ3) is 3.91. The fraction of sp³-hybridized carbons (Fsp3) is 0.444. The molecule has 5 heteroatoms. The van der Waals surface area contributed by atoms with E-state index in [0.29, 0.717) is 18.6 Å². The Morgan fingerprint density at radius 1 is 1.35 bits per heavy atom. The smallest absolute Gasteiger partial charge is 0.337 e. The van der Waals surface area contributed by atoms with Gasteiger partial charge in [-0.2, -0.15) is 5.26 Å². The number of nitriles is 1. The molecule has 0 unspecified atom stereocenters. The van der Waals surface area contributed by atoms with Crippen LogP contribution in [-0.2, 0) is 20.8 Å². The molecular formula is C18H20N2O3. The van der Waals surface area contributed by atoms with Crippen LogP contribution in [0.5, 0.6) is 0 Å². The van der Waals surface area contributed by atoms with Crippen LogP contribution in [0.25, 0.3) is 0 Å². The van der Waals surface area contributed by atoms with E-state index in [1.165, 1.54) is 6.26 Å². The molecule has 2 aliphatic heterocycles. The van der Waals surface area contributed by atoms with Crippen LogP contribution in [0.3, 0.4) is 0 Å². The van der Waals surface area contributed by atoms with Crippen LogP contribution in [0.15, 0.2) is 36.1 Å². The van der Waals surface area contributed by atoms with Crippen molar-refractivity contribution in [2.24, 2.45) is 0 Å². The highest BCUT2D eigenvalue weighted by Crippen LogP contribution is 2.20. The molecule has 3 rings (SSSR count). The zero-order valence-electron chi connectivity index (χ0n) is 13.0. The van der Waals surface area contributed by atoms with E-state index in [4.69, 9.17) is 14.7 Å². The molecule has 0 aliphatic carbocycles. The van der Waals surface area contributed by atoms with E-state index in [-0.39, 0.29) is 12.1 Å². The van der Waals surface area contributed by atoms with Crippen LogP contribution in [0.2, 0.25) is 0 Å². The summed E-state index contributed by atoms with van der Waals surface area (Å²) < 4.78 is 10.6. The molecule has 0 amide bonds. The number of esters is 1. The molecular weight excluding hydrogens is 292 g/mol. The number of piperidine rings is 1. The summed E-state index contributed by atoms with van der Waals surface area (Å²) in [5, 5.41) is 9.15. The lowest BCUT2D eigenvalue weighted by atomic mass is 10.0. The molecule has 0 N–H and O–H groups in total. The van der Waals surface area contributed by atoms with Crippen molar-refractivity contribution in [3.63, 3.8) is 0 Å². The Labute approximate surface area is 136 Å². The van der Waals surface area contributed by atoms with Gasteiger partial charge in [0.2, 0.25) is 0 Å². The fourth-order valence-corrected chi connectivity index (χ4v) is 2.96. The minimum Gasteiger partial charge on any atom is -0.500 e. The molecule has 2 aliphatic rings. The summed E-state index contributed by atoms with van der Waals surface area (Å²) in [5.74, 6) is -0.240. The zero-order chi connectivity index (χ0) is 16.1. The molecule has 120 valence electrons. The predicted octanol–water partition coefficient (Wildman–Crippen LogP) is 2.37. The Hall–Kier alpha value is -2.32. The van der Waals surface area contributed by atoms with Gasteiger partial charge in [-0.15, -0.1) is 0 Å². The molecule has 0 atom stereocenters. The molecule has 1 fully saturated rings. The van der Waals surface area contributed by atoms with Crippen molar-refractivity contribution in [2.45, 2.75) is 31.9 Å². The molecule has 1 aromatic rings. The molecule has 0 aromatic heterocycles. The number of rotatable bonds is 4.